The van der Waals surface area contributed by atoms with Gasteiger partial charge in [-0.2, -0.15) is 5.10 Å². The monoisotopic (exact) mass is 504 g/mol. The van der Waals surface area contributed by atoms with E-state index in [9.17, 15) is 0 Å². The second kappa shape index (κ2) is 10.8. The van der Waals surface area contributed by atoms with Gasteiger partial charge in [0.05, 0.1) is 29.7 Å². The van der Waals surface area contributed by atoms with Crippen LogP contribution in [0.1, 0.15) is 49.0 Å². The number of hydrogen-bond donors (Lipinski definition) is 1. The zero-order valence-corrected chi connectivity index (χ0v) is 22.2. The lowest BCUT2D eigenvalue weighted by Crippen LogP contribution is -2.24. The first-order chi connectivity index (χ1) is 18.4. The highest BCUT2D eigenvalue weighted by atomic mass is 16.5. The van der Waals surface area contributed by atoms with Crippen molar-refractivity contribution in [2.45, 2.75) is 32.9 Å². The number of benzene rings is 2. The number of nitrogens with one attached hydrogen (secondary N) is 1. The number of nitrogens with zero attached hydrogens (tertiary/aromatic N) is 3. The quantitative estimate of drug-likeness (QED) is 0.238. The van der Waals surface area contributed by atoms with Crippen molar-refractivity contribution in [2.24, 2.45) is 0 Å². The molecule has 0 saturated heterocycles. The fourth-order valence-electron chi connectivity index (χ4n) is 4.24. The summed E-state index contributed by atoms with van der Waals surface area (Å²) in [4.78, 5) is 7.58. The number of H-pyrrole nitrogens is 1. The molecular formula is C32H32N4O2. The number of ether oxygens (including phenoxy) is 2. The zero-order valence-electron chi connectivity index (χ0n) is 22.2. The molecule has 5 rings (SSSR count). The molecular weight excluding hydrogens is 472 g/mol. The van der Waals surface area contributed by atoms with Gasteiger partial charge in [-0.15, -0.1) is 0 Å². The molecule has 0 aliphatic rings. The van der Waals surface area contributed by atoms with Crippen molar-refractivity contribution < 1.29 is 9.47 Å². The standard InChI is InChI=1S/C32H32N4O2/c1-32(2,3)36-28(14-9-23-8-10-24-16-18-34-30(24)19-23)20-26(35-36)13-11-25-12-15-29(21-31(25)37-4)38-22-27-7-5-6-17-33-27/h5-21,34H,22H2,1-4H3/b13-11+,14-9+. The van der Waals surface area contributed by atoms with Crippen LogP contribution >= 0.6 is 0 Å². The summed E-state index contributed by atoms with van der Waals surface area (Å²) in [6.45, 7) is 6.87. The molecule has 0 atom stereocenters. The molecule has 3 heterocycles. The first-order valence-electron chi connectivity index (χ1n) is 12.6. The Morgan fingerprint density at radius 3 is 2.61 bits per heavy atom. The van der Waals surface area contributed by atoms with Crippen molar-refractivity contribution in [3.05, 3.63) is 107 Å². The molecule has 0 fully saturated rings. The molecule has 0 unspecified atom stereocenters. The second-order valence-electron chi connectivity index (χ2n) is 10.1. The summed E-state index contributed by atoms with van der Waals surface area (Å²) < 4.78 is 13.6. The van der Waals surface area contributed by atoms with E-state index in [4.69, 9.17) is 14.6 Å². The van der Waals surface area contributed by atoms with Gasteiger partial charge in [-0.3, -0.25) is 9.67 Å². The number of aromatic amines is 1. The molecule has 5 aromatic rings. The maximum Gasteiger partial charge on any atom is 0.130 e. The minimum atomic E-state index is -0.167. The van der Waals surface area contributed by atoms with Crippen molar-refractivity contribution in [1.82, 2.24) is 19.7 Å². The molecule has 6 nitrogen and oxygen atoms in total. The third kappa shape index (κ3) is 5.86. The molecule has 0 spiro atoms. The Morgan fingerprint density at radius 1 is 0.921 bits per heavy atom. The molecule has 0 aliphatic heterocycles. The molecule has 38 heavy (non-hydrogen) atoms. The van der Waals surface area contributed by atoms with E-state index in [1.807, 2.05) is 54.7 Å². The molecule has 3 aromatic heterocycles. The molecule has 0 saturated carbocycles. The average Bonchev–Trinajstić information content (AvgIpc) is 3.57. The third-order valence-corrected chi connectivity index (χ3v) is 6.17. The topological polar surface area (TPSA) is 65.0 Å². The lowest BCUT2D eigenvalue weighted by atomic mass is 10.1. The van der Waals surface area contributed by atoms with Gasteiger partial charge in [0.15, 0.2) is 0 Å². The third-order valence-electron chi connectivity index (χ3n) is 6.17. The van der Waals surface area contributed by atoms with Gasteiger partial charge < -0.3 is 14.5 Å². The van der Waals surface area contributed by atoms with Gasteiger partial charge in [0, 0.05) is 29.5 Å². The van der Waals surface area contributed by atoms with E-state index in [1.54, 1.807) is 13.3 Å². The molecule has 0 aliphatic carbocycles. The Balaban J connectivity index is 1.35. The SMILES string of the molecule is COc1cc(OCc2ccccn2)ccc1/C=C/c1cc(/C=C/c2ccc3cc[nH]c3c2)n(C(C)(C)C)n1. The molecule has 0 amide bonds. The van der Waals surface area contributed by atoms with Gasteiger partial charge in [-0.25, -0.2) is 0 Å². The van der Waals surface area contributed by atoms with Crippen LogP contribution in [-0.4, -0.2) is 26.9 Å². The zero-order chi connectivity index (χ0) is 26.5. The average molecular weight is 505 g/mol. The highest BCUT2D eigenvalue weighted by Gasteiger charge is 2.18. The fourth-order valence-corrected chi connectivity index (χ4v) is 4.24. The van der Waals surface area contributed by atoms with Crippen molar-refractivity contribution in [3.8, 4) is 11.5 Å². The molecule has 6 heteroatoms. The van der Waals surface area contributed by atoms with E-state index >= 15 is 0 Å². The van der Waals surface area contributed by atoms with Gasteiger partial charge in [-0.05, 0) is 92.4 Å². The molecule has 192 valence electrons. The van der Waals surface area contributed by atoms with E-state index in [1.165, 1.54) is 5.39 Å². The normalized spacial score (nSPS) is 12.1. The van der Waals surface area contributed by atoms with Crippen molar-refractivity contribution >= 4 is 35.2 Å². The summed E-state index contributed by atoms with van der Waals surface area (Å²) in [6.07, 6.45) is 12.0. The van der Waals surface area contributed by atoms with Crippen LogP contribution in [-0.2, 0) is 12.1 Å². The second-order valence-corrected chi connectivity index (χ2v) is 10.1. The van der Waals surface area contributed by atoms with E-state index in [0.29, 0.717) is 6.61 Å². The summed E-state index contributed by atoms with van der Waals surface area (Å²) in [6, 6.07) is 22.2. The number of pyridine rings is 1. The number of rotatable bonds is 8. The molecule has 1 N–H and O–H groups in total. The van der Waals surface area contributed by atoms with Crippen LogP contribution in [0.25, 0.3) is 35.2 Å². The van der Waals surface area contributed by atoms with Crippen LogP contribution in [0.5, 0.6) is 11.5 Å². The first-order valence-corrected chi connectivity index (χ1v) is 12.6. The Kier molecular flexibility index (Phi) is 7.13. The summed E-state index contributed by atoms with van der Waals surface area (Å²) in [5.41, 5.74) is 5.82. The molecule has 2 aromatic carbocycles. The van der Waals surface area contributed by atoms with E-state index in [0.717, 1.165) is 45.2 Å². The highest BCUT2D eigenvalue weighted by Crippen LogP contribution is 2.28. The van der Waals surface area contributed by atoms with Crippen LogP contribution in [0.3, 0.4) is 0 Å². The highest BCUT2D eigenvalue weighted by molar-refractivity contribution is 5.83. The van der Waals surface area contributed by atoms with Gasteiger partial charge in [0.1, 0.15) is 18.1 Å². The van der Waals surface area contributed by atoms with Crippen molar-refractivity contribution in [1.29, 1.82) is 0 Å². The first kappa shape index (κ1) is 25.1. The largest absolute Gasteiger partial charge is 0.496 e. The maximum absolute atomic E-state index is 5.90. The van der Waals surface area contributed by atoms with Gasteiger partial charge in [-0.1, -0.05) is 24.3 Å². The molecule has 0 radical (unpaired) electrons. The van der Waals surface area contributed by atoms with Crippen LogP contribution < -0.4 is 9.47 Å². The van der Waals surface area contributed by atoms with E-state index < -0.39 is 0 Å². The number of hydrogen-bond acceptors (Lipinski definition) is 4. The summed E-state index contributed by atoms with van der Waals surface area (Å²) >= 11 is 0. The Bertz CT molecular complexity index is 1590. The summed E-state index contributed by atoms with van der Waals surface area (Å²) in [5, 5.41) is 6.09. The van der Waals surface area contributed by atoms with Crippen LogP contribution in [0.4, 0.5) is 0 Å². The number of fused-ring (bicyclic) bond motifs is 1. The Labute approximate surface area is 223 Å². The van der Waals surface area contributed by atoms with E-state index in [2.05, 4.69) is 77.9 Å². The summed E-state index contributed by atoms with van der Waals surface area (Å²) in [5.74, 6) is 1.46. The lowest BCUT2D eigenvalue weighted by molar-refractivity contribution is 0.299. The number of aromatic nitrogens is 4. The van der Waals surface area contributed by atoms with Crippen molar-refractivity contribution in [2.75, 3.05) is 7.11 Å². The van der Waals surface area contributed by atoms with E-state index in [-0.39, 0.29) is 5.54 Å². The predicted octanol–water partition coefficient (Wildman–Crippen LogP) is 7.44. The smallest absolute Gasteiger partial charge is 0.130 e. The van der Waals surface area contributed by atoms with Gasteiger partial charge in [0.25, 0.3) is 0 Å². The van der Waals surface area contributed by atoms with Crippen LogP contribution in [0.2, 0.25) is 0 Å². The number of methoxy groups -OCH3 is 1. The Morgan fingerprint density at radius 2 is 1.82 bits per heavy atom. The molecule has 0 bridgehead atoms. The minimum Gasteiger partial charge on any atom is -0.496 e. The van der Waals surface area contributed by atoms with Gasteiger partial charge >= 0.3 is 0 Å². The summed E-state index contributed by atoms with van der Waals surface area (Å²) in [7, 11) is 1.66. The Hall–Kier alpha value is -4.58. The predicted molar refractivity (Wildman–Crippen MR) is 155 cm³/mol. The lowest BCUT2D eigenvalue weighted by Gasteiger charge is -2.21. The maximum atomic E-state index is 5.90. The fraction of sp³-hybridized carbons (Fsp3) is 0.188. The van der Waals surface area contributed by atoms with Gasteiger partial charge in [0.2, 0.25) is 0 Å². The van der Waals surface area contributed by atoms with Crippen molar-refractivity contribution in [3.63, 3.8) is 0 Å². The van der Waals surface area contributed by atoms with Crippen LogP contribution in [0, 0.1) is 0 Å². The minimum absolute atomic E-state index is 0.167. The van der Waals surface area contributed by atoms with Crippen LogP contribution in [0.15, 0.2) is 79.1 Å².